The number of carboxylic acid groups (broad SMARTS) is 1. The molecule has 0 aliphatic heterocycles. The third kappa shape index (κ3) is 6.82. The summed E-state index contributed by atoms with van der Waals surface area (Å²) in [6.45, 7) is 2.10. The van der Waals surface area contributed by atoms with Gasteiger partial charge in [0.25, 0.3) is 0 Å². The average molecular weight is 483 g/mol. The second-order valence-corrected chi connectivity index (χ2v) is 9.03. The van der Waals surface area contributed by atoms with E-state index >= 15 is 0 Å². The summed E-state index contributed by atoms with van der Waals surface area (Å²) in [5.41, 5.74) is 3.31. The molecule has 2 aromatic rings. The zero-order valence-electron chi connectivity index (χ0n) is 20.3. The fourth-order valence-electron chi connectivity index (χ4n) is 4.41. The molecule has 188 valence electrons. The molecule has 8 nitrogen and oxygen atoms in total. The van der Waals surface area contributed by atoms with Crippen LogP contribution in [0.3, 0.4) is 0 Å². The van der Waals surface area contributed by atoms with E-state index in [9.17, 15) is 19.5 Å². The van der Waals surface area contributed by atoms with Crippen LogP contribution in [0.4, 0.5) is 4.79 Å². The number of amides is 2. The molecule has 1 atom stereocenters. The van der Waals surface area contributed by atoms with Crippen LogP contribution >= 0.6 is 0 Å². The van der Waals surface area contributed by atoms with Gasteiger partial charge < -0.3 is 25.2 Å². The van der Waals surface area contributed by atoms with E-state index in [1.165, 1.54) is 36.3 Å². The number of unbranched alkanes of at least 4 members (excludes halogenated alkanes) is 3. The Morgan fingerprint density at radius 3 is 2.14 bits per heavy atom. The average Bonchev–Trinajstić information content (AvgIpc) is 3.16. The first-order valence-corrected chi connectivity index (χ1v) is 12.0. The van der Waals surface area contributed by atoms with Crippen molar-refractivity contribution in [2.75, 3.05) is 26.9 Å². The highest BCUT2D eigenvalue weighted by atomic mass is 16.5. The smallest absolute Gasteiger partial charge is 0.407 e. The molecule has 8 heteroatoms. The number of methoxy groups -OCH3 is 1. The first-order valence-electron chi connectivity index (χ1n) is 12.0. The van der Waals surface area contributed by atoms with Gasteiger partial charge in [0.1, 0.15) is 6.61 Å². The first-order chi connectivity index (χ1) is 16.9. The van der Waals surface area contributed by atoms with Gasteiger partial charge in [0.15, 0.2) is 5.54 Å². The van der Waals surface area contributed by atoms with Gasteiger partial charge >= 0.3 is 12.1 Å². The van der Waals surface area contributed by atoms with Crippen LogP contribution in [0.25, 0.3) is 11.1 Å². The molecular weight excluding hydrogens is 448 g/mol. The molecule has 1 unspecified atom stereocenters. The Kier molecular flexibility index (Phi) is 9.25. The number of carbonyl (C=O) groups is 3. The molecule has 0 heterocycles. The lowest BCUT2D eigenvalue weighted by atomic mass is 9.98. The summed E-state index contributed by atoms with van der Waals surface area (Å²) in [7, 11) is 1.39. The summed E-state index contributed by atoms with van der Waals surface area (Å²) in [4.78, 5) is 35.6. The summed E-state index contributed by atoms with van der Waals surface area (Å²) in [5.74, 6) is -1.41. The molecule has 0 fully saturated rings. The van der Waals surface area contributed by atoms with E-state index in [0.717, 1.165) is 19.3 Å². The zero-order valence-corrected chi connectivity index (χ0v) is 20.3. The van der Waals surface area contributed by atoms with Gasteiger partial charge in [-0.25, -0.2) is 9.59 Å². The number of carbonyl (C=O) groups excluding carboxylic acids is 2. The van der Waals surface area contributed by atoms with Crippen molar-refractivity contribution >= 4 is 18.0 Å². The van der Waals surface area contributed by atoms with Gasteiger partial charge in [0.2, 0.25) is 5.91 Å². The number of ether oxygens (including phenoxy) is 2. The fraction of sp³-hybridized carbons (Fsp3) is 0.444. The van der Waals surface area contributed by atoms with Gasteiger partial charge in [-0.05, 0) is 42.0 Å². The Bertz CT molecular complexity index is 994. The van der Waals surface area contributed by atoms with Crippen molar-refractivity contribution in [1.29, 1.82) is 0 Å². The summed E-state index contributed by atoms with van der Waals surface area (Å²) < 4.78 is 10.4. The predicted octanol–water partition coefficient (Wildman–Crippen LogP) is 4.08. The van der Waals surface area contributed by atoms with Crippen LogP contribution in [0.15, 0.2) is 48.5 Å². The maximum atomic E-state index is 12.2. The van der Waals surface area contributed by atoms with E-state index in [2.05, 4.69) is 34.9 Å². The fourth-order valence-corrected chi connectivity index (χ4v) is 4.41. The number of alkyl carbamates (subject to hydrolysis) is 1. The van der Waals surface area contributed by atoms with Crippen LogP contribution in [0.5, 0.6) is 0 Å². The number of benzene rings is 2. The van der Waals surface area contributed by atoms with Crippen LogP contribution < -0.4 is 10.6 Å². The van der Waals surface area contributed by atoms with Crippen molar-refractivity contribution < 1.29 is 29.0 Å². The molecule has 0 saturated carbocycles. The second-order valence-electron chi connectivity index (χ2n) is 9.03. The molecule has 1 aliphatic rings. The highest BCUT2D eigenvalue weighted by Gasteiger charge is 2.34. The third-order valence-corrected chi connectivity index (χ3v) is 6.26. The Hall–Kier alpha value is -3.39. The van der Waals surface area contributed by atoms with Crippen LogP contribution in [-0.2, 0) is 19.1 Å². The number of hydrogen-bond donors (Lipinski definition) is 3. The summed E-state index contributed by atoms with van der Waals surface area (Å²) in [5, 5.41) is 14.6. The van der Waals surface area contributed by atoms with Crippen molar-refractivity contribution in [3.8, 4) is 11.1 Å². The Labute approximate surface area is 206 Å². The topological polar surface area (TPSA) is 114 Å². The molecule has 3 rings (SSSR count). The molecule has 0 radical (unpaired) electrons. The van der Waals surface area contributed by atoms with Gasteiger partial charge in [-0.3, -0.25) is 4.79 Å². The minimum atomic E-state index is -1.43. The van der Waals surface area contributed by atoms with Gasteiger partial charge in [-0.15, -0.1) is 0 Å². The summed E-state index contributed by atoms with van der Waals surface area (Å²) in [6.07, 6.45) is 2.85. The number of nitrogens with one attached hydrogen (secondary N) is 2. The number of hydrogen-bond acceptors (Lipinski definition) is 5. The van der Waals surface area contributed by atoms with Gasteiger partial charge in [-0.2, -0.15) is 0 Å². The van der Waals surface area contributed by atoms with Crippen LogP contribution in [0, 0.1) is 0 Å². The number of rotatable bonds is 13. The molecule has 0 saturated heterocycles. The van der Waals surface area contributed by atoms with Crippen molar-refractivity contribution in [1.82, 2.24) is 10.6 Å². The summed E-state index contributed by atoms with van der Waals surface area (Å²) in [6, 6.07) is 16.4. The van der Waals surface area contributed by atoms with Crippen molar-refractivity contribution in [3.05, 3.63) is 59.7 Å². The number of carboxylic acids is 1. The Morgan fingerprint density at radius 2 is 1.54 bits per heavy atom. The van der Waals surface area contributed by atoms with E-state index in [1.54, 1.807) is 0 Å². The summed E-state index contributed by atoms with van der Waals surface area (Å²) >= 11 is 0. The molecule has 2 aromatic carbocycles. The zero-order chi connectivity index (χ0) is 25.3. The largest absolute Gasteiger partial charge is 0.479 e. The SMILES string of the molecule is COCC(C)(NC(=O)CCCCCCNC(=O)OCC1c2ccccc2-c2ccccc21)C(=O)O. The van der Waals surface area contributed by atoms with E-state index in [-0.39, 0.29) is 31.5 Å². The molecule has 0 bridgehead atoms. The predicted molar refractivity (Wildman–Crippen MR) is 132 cm³/mol. The minimum absolute atomic E-state index is 0.0335. The second kappa shape index (κ2) is 12.4. The molecule has 3 N–H and O–H groups in total. The van der Waals surface area contributed by atoms with Crippen LogP contribution in [0.2, 0.25) is 0 Å². The first kappa shape index (κ1) is 26.2. The Balaban J connectivity index is 1.31. The van der Waals surface area contributed by atoms with Crippen LogP contribution in [-0.4, -0.2) is 55.5 Å². The van der Waals surface area contributed by atoms with Crippen molar-refractivity contribution in [3.63, 3.8) is 0 Å². The van der Waals surface area contributed by atoms with E-state index in [0.29, 0.717) is 13.0 Å². The highest BCUT2D eigenvalue weighted by molar-refractivity contribution is 5.86. The number of fused-ring (bicyclic) bond motifs is 3. The van der Waals surface area contributed by atoms with E-state index in [1.807, 2.05) is 24.3 Å². The molecule has 35 heavy (non-hydrogen) atoms. The Morgan fingerprint density at radius 1 is 0.943 bits per heavy atom. The van der Waals surface area contributed by atoms with E-state index in [4.69, 9.17) is 9.47 Å². The maximum absolute atomic E-state index is 12.2. The molecule has 2 amide bonds. The normalized spacial score (nSPS) is 13.9. The van der Waals surface area contributed by atoms with Gasteiger partial charge in [0, 0.05) is 26.0 Å². The quantitative estimate of drug-likeness (QED) is 0.371. The molecule has 0 aromatic heterocycles. The van der Waals surface area contributed by atoms with E-state index < -0.39 is 17.6 Å². The van der Waals surface area contributed by atoms with Crippen LogP contribution in [0.1, 0.15) is 56.1 Å². The highest BCUT2D eigenvalue weighted by Crippen LogP contribution is 2.44. The minimum Gasteiger partial charge on any atom is -0.479 e. The third-order valence-electron chi connectivity index (χ3n) is 6.26. The van der Waals surface area contributed by atoms with Crippen molar-refractivity contribution in [2.24, 2.45) is 0 Å². The maximum Gasteiger partial charge on any atom is 0.407 e. The number of aliphatic carboxylic acids is 1. The van der Waals surface area contributed by atoms with Gasteiger partial charge in [-0.1, -0.05) is 61.4 Å². The lowest BCUT2D eigenvalue weighted by molar-refractivity contribution is -0.149. The molecule has 0 spiro atoms. The lowest BCUT2D eigenvalue weighted by Crippen LogP contribution is -2.55. The van der Waals surface area contributed by atoms with Crippen molar-refractivity contribution in [2.45, 2.75) is 50.5 Å². The van der Waals surface area contributed by atoms with Gasteiger partial charge in [0.05, 0.1) is 6.61 Å². The molecular formula is C27H34N2O6. The lowest BCUT2D eigenvalue weighted by Gasteiger charge is -2.25. The monoisotopic (exact) mass is 482 g/mol. The standard InChI is InChI=1S/C27H34N2O6/c1-27(18-34-2,25(31)32)29-24(30)15-5-3-4-10-16-28-26(33)35-17-23-21-13-8-6-11-19(21)20-12-7-9-14-22(20)23/h6-9,11-14,23H,3-5,10,15-18H2,1-2H3,(H,28,33)(H,29,30)(H,31,32). The molecule has 1 aliphatic carbocycles.